The van der Waals surface area contributed by atoms with Crippen LogP contribution < -0.4 is 10.6 Å². The molecule has 0 radical (unpaired) electrons. The predicted molar refractivity (Wildman–Crippen MR) is 140 cm³/mol. The molecule has 2 aromatic rings. The van der Waals surface area contributed by atoms with Crippen molar-refractivity contribution < 1.29 is 8.42 Å². The van der Waals surface area contributed by atoms with Crippen LogP contribution in [0.15, 0.2) is 46.3 Å². The molecule has 1 saturated heterocycles. The molecule has 2 N–H and O–H groups in total. The van der Waals surface area contributed by atoms with E-state index in [-0.39, 0.29) is 30.0 Å². The minimum absolute atomic E-state index is 0. The molecule has 3 rings (SSSR count). The first-order valence-corrected chi connectivity index (χ1v) is 12.8. The van der Waals surface area contributed by atoms with E-state index in [1.807, 2.05) is 23.5 Å². The molecule has 0 amide bonds. The summed E-state index contributed by atoms with van der Waals surface area (Å²) in [7, 11) is -1.63. The first-order valence-electron chi connectivity index (χ1n) is 10.5. The fourth-order valence-corrected chi connectivity index (χ4v) is 6.13. The van der Waals surface area contributed by atoms with Crippen molar-refractivity contribution in [1.82, 2.24) is 14.9 Å². The van der Waals surface area contributed by atoms with E-state index >= 15 is 0 Å². The molecule has 31 heavy (non-hydrogen) atoms. The lowest BCUT2D eigenvalue weighted by atomic mass is 10.2. The zero-order chi connectivity index (χ0) is 21.6. The maximum absolute atomic E-state index is 12.8. The van der Waals surface area contributed by atoms with Gasteiger partial charge in [0.25, 0.3) is 0 Å². The number of hydrogen-bond donors (Lipinski definition) is 2. The summed E-state index contributed by atoms with van der Waals surface area (Å²) in [4.78, 5) is 7.35. The second-order valence-electron chi connectivity index (χ2n) is 7.80. The van der Waals surface area contributed by atoms with E-state index in [9.17, 15) is 8.42 Å². The van der Waals surface area contributed by atoms with Crippen molar-refractivity contribution in [3.8, 4) is 0 Å². The number of halogens is 1. The summed E-state index contributed by atoms with van der Waals surface area (Å²) in [6.45, 7) is 6.08. The maximum atomic E-state index is 12.8. The highest BCUT2D eigenvalue weighted by atomic mass is 127. The fraction of sp³-hybridized carbons (Fsp3) is 0.500. The van der Waals surface area contributed by atoms with Gasteiger partial charge in [-0.2, -0.15) is 4.31 Å². The number of sulfonamides is 1. The SMILES string of the molecule is CN=C(NCc1ccc(S(=O)(=O)N2CCCCC2)cc1)NC(C)Cc1ccc(C)s1.I. The van der Waals surface area contributed by atoms with Gasteiger partial charge in [0.05, 0.1) is 4.90 Å². The summed E-state index contributed by atoms with van der Waals surface area (Å²) < 4.78 is 27.1. The van der Waals surface area contributed by atoms with Gasteiger partial charge in [-0.05, 0) is 56.5 Å². The Hall–Kier alpha value is -1.17. The van der Waals surface area contributed by atoms with Gasteiger partial charge >= 0.3 is 0 Å². The number of guanidine groups is 1. The van der Waals surface area contributed by atoms with Crippen LogP contribution in [0.25, 0.3) is 0 Å². The molecule has 1 aromatic carbocycles. The van der Waals surface area contributed by atoms with Crippen LogP contribution in [0.1, 0.15) is 41.5 Å². The number of nitrogens with one attached hydrogen (secondary N) is 2. The Balaban J connectivity index is 0.00000341. The van der Waals surface area contributed by atoms with E-state index in [4.69, 9.17) is 0 Å². The smallest absolute Gasteiger partial charge is 0.243 e. The summed E-state index contributed by atoms with van der Waals surface area (Å²) in [5, 5.41) is 6.73. The molecule has 1 atom stereocenters. The van der Waals surface area contributed by atoms with Crippen molar-refractivity contribution >= 4 is 51.3 Å². The minimum atomic E-state index is -3.38. The third-order valence-electron chi connectivity index (χ3n) is 5.25. The van der Waals surface area contributed by atoms with Crippen LogP contribution in [0.3, 0.4) is 0 Å². The minimum Gasteiger partial charge on any atom is -0.354 e. The number of benzene rings is 1. The van der Waals surface area contributed by atoms with Crippen LogP contribution in [0, 0.1) is 6.92 Å². The van der Waals surface area contributed by atoms with Crippen molar-refractivity contribution in [2.24, 2.45) is 4.99 Å². The average Bonchev–Trinajstić information content (AvgIpc) is 3.16. The summed E-state index contributed by atoms with van der Waals surface area (Å²) >= 11 is 1.82. The van der Waals surface area contributed by atoms with E-state index in [1.54, 1.807) is 23.5 Å². The van der Waals surface area contributed by atoms with E-state index in [2.05, 4.69) is 41.6 Å². The van der Waals surface area contributed by atoms with Crippen LogP contribution in [0.2, 0.25) is 0 Å². The molecule has 0 saturated carbocycles. The molecule has 9 heteroatoms. The monoisotopic (exact) mass is 576 g/mol. The maximum Gasteiger partial charge on any atom is 0.243 e. The molecule has 2 heterocycles. The van der Waals surface area contributed by atoms with Crippen molar-refractivity contribution in [3.63, 3.8) is 0 Å². The highest BCUT2D eigenvalue weighted by Crippen LogP contribution is 2.21. The van der Waals surface area contributed by atoms with E-state index in [1.165, 1.54) is 9.75 Å². The van der Waals surface area contributed by atoms with Gasteiger partial charge in [-0.25, -0.2) is 8.42 Å². The molecule has 172 valence electrons. The number of rotatable bonds is 7. The largest absolute Gasteiger partial charge is 0.354 e. The quantitative estimate of drug-likeness (QED) is 0.295. The lowest BCUT2D eigenvalue weighted by Crippen LogP contribution is -2.42. The number of nitrogens with zero attached hydrogens (tertiary/aromatic N) is 2. The summed E-state index contributed by atoms with van der Waals surface area (Å²) in [6, 6.07) is 11.7. The van der Waals surface area contributed by atoms with Crippen LogP contribution in [0.4, 0.5) is 0 Å². The van der Waals surface area contributed by atoms with Gasteiger partial charge in [0.2, 0.25) is 10.0 Å². The third-order valence-corrected chi connectivity index (χ3v) is 8.18. The number of piperidine rings is 1. The van der Waals surface area contributed by atoms with Gasteiger partial charge in [0, 0.05) is 48.9 Å². The number of thiophene rings is 1. The van der Waals surface area contributed by atoms with Crippen molar-refractivity contribution in [2.45, 2.75) is 57.0 Å². The first-order chi connectivity index (χ1) is 14.4. The molecule has 0 spiro atoms. The van der Waals surface area contributed by atoms with Gasteiger partial charge < -0.3 is 10.6 Å². The van der Waals surface area contributed by atoms with E-state index in [0.717, 1.165) is 37.2 Å². The topological polar surface area (TPSA) is 73.8 Å². The number of hydrogen-bond acceptors (Lipinski definition) is 4. The Morgan fingerprint density at radius 3 is 2.39 bits per heavy atom. The average molecular weight is 577 g/mol. The second kappa shape index (κ2) is 12.2. The summed E-state index contributed by atoms with van der Waals surface area (Å²) in [5.74, 6) is 0.737. The molecule has 1 aliphatic rings. The van der Waals surface area contributed by atoms with Gasteiger partial charge in [0.15, 0.2) is 5.96 Å². The van der Waals surface area contributed by atoms with Gasteiger partial charge in [-0.1, -0.05) is 18.6 Å². The molecule has 0 bridgehead atoms. The molecule has 1 unspecified atom stereocenters. The lowest BCUT2D eigenvalue weighted by Gasteiger charge is -2.25. The van der Waals surface area contributed by atoms with Crippen molar-refractivity contribution in [1.29, 1.82) is 0 Å². The molecule has 6 nitrogen and oxygen atoms in total. The Kier molecular flexibility index (Phi) is 10.2. The molecule has 1 aromatic heterocycles. The Morgan fingerprint density at radius 2 is 1.81 bits per heavy atom. The number of aryl methyl sites for hydroxylation is 1. The van der Waals surface area contributed by atoms with Crippen LogP contribution in [-0.2, 0) is 23.0 Å². The Morgan fingerprint density at radius 1 is 1.13 bits per heavy atom. The lowest BCUT2D eigenvalue weighted by molar-refractivity contribution is 0.346. The second-order valence-corrected chi connectivity index (χ2v) is 11.1. The number of aliphatic imine (C=N–C) groups is 1. The fourth-order valence-electron chi connectivity index (χ4n) is 3.60. The Bertz CT molecular complexity index is 952. The normalized spacial score (nSPS) is 16.4. The van der Waals surface area contributed by atoms with Crippen molar-refractivity contribution in [2.75, 3.05) is 20.1 Å². The van der Waals surface area contributed by atoms with Crippen LogP contribution in [-0.4, -0.2) is 44.9 Å². The zero-order valence-electron chi connectivity index (χ0n) is 18.4. The van der Waals surface area contributed by atoms with Crippen molar-refractivity contribution in [3.05, 3.63) is 51.7 Å². The van der Waals surface area contributed by atoms with Gasteiger partial charge in [-0.15, -0.1) is 35.3 Å². The first kappa shape index (κ1) is 26.1. The van der Waals surface area contributed by atoms with Gasteiger partial charge in [0.1, 0.15) is 0 Å². The zero-order valence-corrected chi connectivity index (χ0v) is 22.4. The highest BCUT2D eigenvalue weighted by molar-refractivity contribution is 14.0. The molecule has 1 aliphatic heterocycles. The standard InChI is InChI=1S/C22H32N4O2S2.HI/c1-17(15-20-10-7-18(2)29-20)25-22(23-3)24-16-19-8-11-21(12-9-19)30(27,28)26-13-5-4-6-14-26;/h7-12,17H,4-6,13-16H2,1-3H3,(H2,23,24,25);1H. The predicted octanol–water partition coefficient (Wildman–Crippen LogP) is 4.15. The van der Waals surface area contributed by atoms with Crippen LogP contribution >= 0.6 is 35.3 Å². The molecular formula is C22H33IN4O2S2. The molecular weight excluding hydrogens is 543 g/mol. The van der Waals surface area contributed by atoms with E-state index in [0.29, 0.717) is 24.5 Å². The van der Waals surface area contributed by atoms with Crippen LogP contribution in [0.5, 0.6) is 0 Å². The molecule has 1 fully saturated rings. The summed E-state index contributed by atoms with van der Waals surface area (Å²) in [6.07, 6.45) is 3.94. The highest BCUT2D eigenvalue weighted by Gasteiger charge is 2.25. The molecule has 0 aliphatic carbocycles. The Labute approximate surface area is 207 Å². The summed E-state index contributed by atoms with van der Waals surface area (Å²) in [5.41, 5.74) is 1.01. The van der Waals surface area contributed by atoms with E-state index < -0.39 is 10.0 Å². The van der Waals surface area contributed by atoms with Gasteiger partial charge in [-0.3, -0.25) is 4.99 Å². The third kappa shape index (κ3) is 7.44.